The molecule has 1 N–H and O–H groups in total. The van der Waals surface area contributed by atoms with E-state index < -0.39 is 17.6 Å². The van der Waals surface area contributed by atoms with Gasteiger partial charge in [0.1, 0.15) is 0 Å². The molecule has 2 aromatic rings. The third-order valence-corrected chi connectivity index (χ3v) is 2.91. The van der Waals surface area contributed by atoms with E-state index in [1.165, 1.54) is 18.3 Å². The average Bonchev–Trinajstić information content (AvgIpc) is 2.47. The molecule has 0 radical (unpaired) electrons. The zero-order chi connectivity index (χ0) is 16.2. The molecule has 2 rings (SSSR count). The van der Waals surface area contributed by atoms with Crippen LogP contribution in [-0.4, -0.2) is 12.1 Å². The SMILES string of the molecule is Cc1ccc(C(=O)NN=Cc2cccc(C(F)(F)F)c2)cc1. The van der Waals surface area contributed by atoms with Crippen molar-refractivity contribution < 1.29 is 18.0 Å². The van der Waals surface area contributed by atoms with Crippen molar-refractivity contribution in [2.75, 3.05) is 0 Å². The molecule has 0 aromatic heterocycles. The largest absolute Gasteiger partial charge is 0.416 e. The highest BCUT2D eigenvalue weighted by molar-refractivity contribution is 5.94. The molecule has 0 unspecified atom stereocenters. The fraction of sp³-hybridized carbons (Fsp3) is 0.125. The van der Waals surface area contributed by atoms with Crippen molar-refractivity contribution in [3.8, 4) is 0 Å². The summed E-state index contributed by atoms with van der Waals surface area (Å²) in [5.74, 6) is -0.428. The molecule has 0 aliphatic carbocycles. The summed E-state index contributed by atoms with van der Waals surface area (Å²) in [6.45, 7) is 1.90. The molecule has 1 amide bonds. The fourth-order valence-corrected chi connectivity index (χ4v) is 1.73. The summed E-state index contributed by atoms with van der Waals surface area (Å²) in [6.07, 6.45) is -3.24. The number of amides is 1. The Morgan fingerprint density at radius 3 is 2.45 bits per heavy atom. The van der Waals surface area contributed by atoms with Crippen molar-refractivity contribution in [3.63, 3.8) is 0 Å². The van der Waals surface area contributed by atoms with Gasteiger partial charge in [-0.25, -0.2) is 5.43 Å². The molecule has 114 valence electrons. The predicted octanol–water partition coefficient (Wildman–Crippen LogP) is 3.78. The number of carbonyl (C=O) groups is 1. The van der Waals surface area contributed by atoms with Crippen LogP contribution in [0.3, 0.4) is 0 Å². The van der Waals surface area contributed by atoms with Crippen molar-refractivity contribution >= 4 is 12.1 Å². The predicted molar refractivity (Wildman–Crippen MR) is 77.7 cm³/mol. The number of hydrogen-bond donors (Lipinski definition) is 1. The monoisotopic (exact) mass is 306 g/mol. The first kappa shape index (κ1) is 15.8. The first-order valence-electron chi connectivity index (χ1n) is 6.43. The third kappa shape index (κ3) is 4.18. The molecule has 0 aliphatic heterocycles. The molecule has 22 heavy (non-hydrogen) atoms. The van der Waals surface area contributed by atoms with Crippen molar-refractivity contribution in [2.45, 2.75) is 13.1 Å². The topological polar surface area (TPSA) is 41.5 Å². The van der Waals surface area contributed by atoms with E-state index in [-0.39, 0.29) is 5.56 Å². The van der Waals surface area contributed by atoms with Crippen molar-refractivity contribution in [1.29, 1.82) is 0 Å². The van der Waals surface area contributed by atoms with Gasteiger partial charge in [-0.15, -0.1) is 0 Å². The summed E-state index contributed by atoms with van der Waals surface area (Å²) in [7, 11) is 0. The Morgan fingerprint density at radius 1 is 1.14 bits per heavy atom. The number of hydrazone groups is 1. The Hall–Kier alpha value is -2.63. The fourth-order valence-electron chi connectivity index (χ4n) is 1.73. The summed E-state index contributed by atoms with van der Waals surface area (Å²) < 4.78 is 37.7. The molecular formula is C16H13F3N2O. The van der Waals surface area contributed by atoms with E-state index in [1.54, 1.807) is 24.3 Å². The van der Waals surface area contributed by atoms with Crippen molar-refractivity contribution in [1.82, 2.24) is 5.43 Å². The Balaban J connectivity index is 2.03. The van der Waals surface area contributed by atoms with E-state index in [0.29, 0.717) is 5.56 Å². The number of carbonyl (C=O) groups excluding carboxylic acids is 1. The number of hydrogen-bond acceptors (Lipinski definition) is 2. The van der Waals surface area contributed by atoms with Gasteiger partial charge in [-0.05, 0) is 36.8 Å². The standard InChI is InChI=1S/C16H13F3N2O/c1-11-5-7-13(8-6-11)15(22)21-20-10-12-3-2-4-14(9-12)16(17,18)19/h2-10H,1H3,(H,21,22). The van der Waals surface area contributed by atoms with E-state index >= 15 is 0 Å². The summed E-state index contributed by atoms with van der Waals surface area (Å²) in [5.41, 5.74) is 3.20. The van der Waals surface area contributed by atoms with E-state index in [0.717, 1.165) is 17.7 Å². The quantitative estimate of drug-likeness (QED) is 0.680. The van der Waals surface area contributed by atoms with Crippen LogP contribution in [0, 0.1) is 6.92 Å². The average molecular weight is 306 g/mol. The molecule has 3 nitrogen and oxygen atoms in total. The smallest absolute Gasteiger partial charge is 0.267 e. The van der Waals surface area contributed by atoms with Crippen LogP contribution in [0.15, 0.2) is 53.6 Å². The maximum Gasteiger partial charge on any atom is 0.416 e. The number of aryl methyl sites for hydroxylation is 1. The van der Waals surface area contributed by atoms with Gasteiger partial charge in [-0.2, -0.15) is 18.3 Å². The van der Waals surface area contributed by atoms with Gasteiger partial charge in [0.05, 0.1) is 11.8 Å². The van der Waals surface area contributed by atoms with Gasteiger partial charge >= 0.3 is 6.18 Å². The highest BCUT2D eigenvalue weighted by atomic mass is 19.4. The lowest BCUT2D eigenvalue weighted by Gasteiger charge is -2.06. The molecule has 0 spiro atoms. The number of benzene rings is 2. The van der Waals surface area contributed by atoms with Gasteiger partial charge in [-0.1, -0.05) is 29.8 Å². The summed E-state index contributed by atoms with van der Waals surface area (Å²) >= 11 is 0. The molecule has 2 aromatic carbocycles. The van der Waals surface area contributed by atoms with E-state index in [1.807, 2.05) is 6.92 Å². The van der Waals surface area contributed by atoms with Gasteiger partial charge in [0, 0.05) is 5.56 Å². The maximum absolute atomic E-state index is 12.6. The lowest BCUT2D eigenvalue weighted by Crippen LogP contribution is -2.17. The molecule has 0 saturated carbocycles. The zero-order valence-electron chi connectivity index (χ0n) is 11.7. The van der Waals surface area contributed by atoms with E-state index in [9.17, 15) is 18.0 Å². The molecule has 0 atom stereocenters. The van der Waals surface area contributed by atoms with Gasteiger partial charge in [0.15, 0.2) is 0 Å². The number of rotatable bonds is 3. The molecule has 0 bridgehead atoms. The van der Waals surface area contributed by atoms with Crippen LogP contribution in [0.1, 0.15) is 27.0 Å². The Kier molecular flexibility index (Phi) is 4.60. The lowest BCUT2D eigenvalue weighted by molar-refractivity contribution is -0.137. The van der Waals surface area contributed by atoms with Gasteiger partial charge in [0.25, 0.3) is 5.91 Å². The second kappa shape index (κ2) is 6.43. The first-order chi connectivity index (χ1) is 10.4. The lowest BCUT2D eigenvalue weighted by atomic mass is 10.1. The van der Waals surface area contributed by atoms with E-state index in [4.69, 9.17) is 0 Å². The minimum absolute atomic E-state index is 0.249. The third-order valence-electron chi connectivity index (χ3n) is 2.91. The van der Waals surface area contributed by atoms with Crippen LogP contribution < -0.4 is 5.43 Å². The van der Waals surface area contributed by atoms with Crippen LogP contribution in [-0.2, 0) is 6.18 Å². The summed E-state index contributed by atoms with van der Waals surface area (Å²) in [6, 6.07) is 11.5. The molecule has 0 aliphatic rings. The molecule has 0 fully saturated rings. The van der Waals surface area contributed by atoms with Crippen LogP contribution >= 0.6 is 0 Å². The van der Waals surface area contributed by atoms with Crippen LogP contribution in [0.5, 0.6) is 0 Å². The van der Waals surface area contributed by atoms with Crippen LogP contribution in [0.2, 0.25) is 0 Å². The number of nitrogens with one attached hydrogen (secondary N) is 1. The summed E-state index contributed by atoms with van der Waals surface area (Å²) in [5, 5.41) is 3.67. The molecule has 0 heterocycles. The highest BCUT2D eigenvalue weighted by Crippen LogP contribution is 2.29. The normalized spacial score (nSPS) is 11.6. The Bertz CT molecular complexity index is 691. The first-order valence-corrected chi connectivity index (χ1v) is 6.43. The van der Waals surface area contributed by atoms with Crippen LogP contribution in [0.25, 0.3) is 0 Å². The van der Waals surface area contributed by atoms with Gasteiger partial charge in [0.2, 0.25) is 0 Å². The number of nitrogens with zero attached hydrogens (tertiary/aromatic N) is 1. The maximum atomic E-state index is 12.6. The number of halogens is 3. The highest BCUT2D eigenvalue weighted by Gasteiger charge is 2.30. The van der Waals surface area contributed by atoms with Gasteiger partial charge < -0.3 is 0 Å². The van der Waals surface area contributed by atoms with E-state index in [2.05, 4.69) is 10.5 Å². The molecule has 0 saturated heterocycles. The van der Waals surface area contributed by atoms with Crippen molar-refractivity contribution in [2.24, 2.45) is 5.10 Å². The minimum Gasteiger partial charge on any atom is -0.267 e. The molecule has 6 heteroatoms. The Labute approximate surface area is 125 Å². The van der Waals surface area contributed by atoms with Crippen molar-refractivity contribution in [3.05, 3.63) is 70.8 Å². The second-order valence-electron chi connectivity index (χ2n) is 4.69. The second-order valence-corrected chi connectivity index (χ2v) is 4.69. The zero-order valence-corrected chi connectivity index (χ0v) is 11.7. The summed E-state index contributed by atoms with van der Waals surface area (Å²) in [4.78, 5) is 11.8. The van der Waals surface area contributed by atoms with Gasteiger partial charge in [-0.3, -0.25) is 4.79 Å². The number of alkyl halides is 3. The van der Waals surface area contributed by atoms with Crippen LogP contribution in [0.4, 0.5) is 13.2 Å². The molecular weight excluding hydrogens is 293 g/mol. The Morgan fingerprint density at radius 2 is 1.82 bits per heavy atom. The minimum atomic E-state index is -4.41.